The van der Waals surface area contributed by atoms with E-state index in [1.54, 1.807) is 42.1 Å². The van der Waals surface area contributed by atoms with Crippen LogP contribution in [0, 0.1) is 6.92 Å². The SMILES string of the molecule is Cc1cc(-c2nc3n(n2)N=C(C(F)(F)F)C3=Nc2ccc(N(C)C)cc2)nn1C. The van der Waals surface area contributed by atoms with E-state index < -0.39 is 11.9 Å². The van der Waals surface area contributed by atoms with E-state index in [0.29, 0.717) is 11.4 Å². The lowest BCUT2D eigenvalue weighted by Gasteiger charge is -2.12. The number of aromatic nitrogens is 5. The molecule has 0 fully saturated rings. The van der Waals surface area contributed by atoms with Gasteiger partial charge < -0.3 is 4.90 Å². The quantitative estimate of drug-likeness (QED) is 0.675. The average Bonchev–Trinajstić information content (AvgIpc) is 3.29. The number of halogens is 3. The Kier molecular flexibility index (Phi) is 4.25. The van der Waals surface area contributed by atoms with Gasteiger partial charge in [0.2, 0.25) is 11.6 Å². The van der Waals surface area contributed by atoms with E-state index in [2.05, 4.69) is 25.3 Å². The van der Waals surface area contributed by atoms with Crippen molar-refractivity contribution in [2.75, 3.05) is 19.0 Å². The van der Waals surface area contributed by atoms with Gasteiger partial charge in [-0.25, -0.2) is 9.98 Å². The third-order valence-corrected chi connectivity index (χ3v) is 4.44. The Morgan fingerprint density at radius 1 is 1.07 bits per heavy atom. The molecule has 0 bridgehead atoms. The summed E-state index contributed by atoms with van der Waals surface area (Å²) in [5, 5.41) is 11.9. The number of aliphatic imine (C=N–C) groups is 1. The lowest BCUT2D eigenvalue weighted by Crippen LogP contribution is -2.29. The second-order valence-corrected chi connectivity index (χ2v) is 6.76. The van der Waals surface area contributed by atoms with Crippen LogP contribution in [-0.4, -0.2) is 56.3 Å². The van der Waals surface area contributed by atoms with Gasteiger partial charge in [-0.1, -0.05) is 0 Å². The van der Waals surface area contributed by atoms with Gasteiger partial charge in [0.1, 0.15) is 11.4 Å². The maximum absolute atomic E-state index is 13.5. The summed E-state index contributed by atoms with van der Waals surface area (Å²) in [4.78, 5) is 11.1. The van der Waals surface area contributed by atoms with E-state index >= 15 is 0 Å². The van der Waals surface area contributed by atoms with Crippen LogP contribution in [0.3, 0.4) is 0 Å². The number of hydrogen-bond donors (Lipinski definition) is 0. The first-order chi connectivity index (χ1) is 13.6. The van der Waals surface area contributed by atoms with E-state index in [4.69, 9.17) is 0 Å². The molecule has 1 aromatic carbocycles. The molecule has 0 unspecified atom stereocenters. The minimum Gasteiger partial charge on any atom is -0.378 e. The van der Waals surface area contributed by atoms with Crippen molar-refractivity contribution in [1.29, 1.82) is 0 Å². The number of fused-ring (bicyclic) bond motifs is 1. The molecule has 0 radical (unpaired) electrons. The predicted octanol–water partition coefficient (Wildman–Crippen LogP) is 2.95. The first kappa shape index (κ1) is 18.8. The number of aryl methyl sites for hydroxylation is 2. The normalized spacial score (nSPS) is 15.0. The van der Waals surface area contributed by atoms with Crippen LogP contribution in [0.25, 0.3) is 11.5 Å². The van der Waals surface area contributed by atoms with Crippen molar-refractivity contribution in [2.45, 2.75) is 13.1 Å². The van der Waals surface area contributed by atoms with Gasteiger partial charge in [-0.2, -0.15) is 18.3 Å². The van der Waals surface area contributed by atoms with Crippen molar-refractivity contribution in [3.63, 3.8) is 0 Å². The van der Waals surface area contributed by atoms with Crippen molar-refractivity contribution < 1.29 is 13.2 Å². The number of nitrogens with zero attached hydrogens (tertiary/aromatic N) is 8. The summed E-state index contributed by atoms with van der Waals surface area (Å²) in [6.07, 6.45) is -4.69. The molecule has 2 aromatic heterocycles. The Balaban J connectivity index is 1.79. The second-order valence-electron chi connectivity index (χ2n) is 6.76. The Morgan fingerprint density at radius 2 is 1.76 bits per heavy atom. The van der Waals surface area contributed by atoms with Crippen LogP contribution in [0.4, 0.5) is 24.5 Å². The molecular formula is C18H17F3N8. The highest BCUT2D eigenvalue weighted by Gasteiger charge is 2.45. The number of anilines is 1. The number of alkyl halides is 3. The highest BCUT2D eigenvalue weighted by atomic mass is 19.4. The van der Waals surface area contributed by atoms with Gasteiger partial charge in [-0.05, 0) is 37.3 Å². The average molecular weight is 402 g/mol. The zero-order chi connectivity index (χ0) is 20.9. The van der Waals surface area contributed by atoms with Crippen LogP contribution >= 0.6 is 0 Å². The molecule has 0 aliphatic carbocycles. The minimum absolute atomic E-state index is 0.0766. The van der Waals surface area contributed by atoms with Crippen LogP contribution < -0.4 is 4.90 Å². The molecule has 1 aliphatic heterocycles. The highest BCUT2D eigenvalue weighted by Crippen LogP contribution is 2.28. The largest absolute Gasteiger partial charge is 0.437 e. The minimum atomic E-state index is -4.69. The molecule has 0 saturated carbocycles. The molecular weight excluding hydrogens is 385 g/mol. The van der Waals surface area contributed by atoms with Gasteiger partial charge in [0.25, 0.3) is 0 Å². The lowest BCUT2D eigenvalue weighted by molar-refractivity contribution is -0.0567. The maximum atomic E-state index is 13.5. The molecule has 1 aliphatic rings. The summed E-state index contributed by atoms with van der Waals surface area (Å²) in [6.45, 7) is 1.85. The van der Waals surface area contributed by atoms with Crippen molar-refractivity contribution in [2.24, 2.45) is 17.1 Å². The maximum Gasteiger partial charge on any atom is 0.437 e. The molecule has 11 heteroatoms. The van der Waals surface area contributed by atoms with Gasteiger partial charge in [0, 0.05) is 32.5 Å². The van der Waals surface area contributed by atoms with Crippen molar-refractivity contribution in [3.05, 3.63) is 41.9 Å². The number of hydrogen-bond acceptors (Lipinski definition) is 6. The summed E-state index contributed by atoms with van der Waals surface area (Å²) in [7, 11) is 5.50. The van der Waals surface area contributed by atoms with Gasteiger partial charge in [0.05, 0.1) is 5.69 Å². The number of benzene rings is 1. The molecule has 3 aromatic rings. The van der Waals surface area contributed by atoms with Crippen LogP contribution in [0.5, 0.6) is 0 Å². The molecule has 0 amide bonds. The van der Waals surface area contributed by atoms with Gasteiger partial charge in [0.15, 0.2) is 5.71 Å². The molecule has 29 heavy (non-hydrogen) atoms. The van der Waals surface area contributed by atoms with Gasteiger partial charge >= 0.3 is 6.18 Å². The van der Waals surface area contributed by atoms with E-state index in [1.807, 2.05) is 25.9 Å². The Morgan fingerprint density at radius 3 is 2.31 bits per heavy atom. The Bertz CT molecular complexity index is 1110. The summed E-state index contributed by atoms with van der Waals surface area (Å²) in [5.41, 5.74) is 1.07. The standard InChI is InChI=1S/C18H17F3N8/c1-10-9-13(24-28(10)4)16-23-17-14(15(18(19,20)21)25-29(17)26-16)22-11-5-7-12(8-6-11)27(2)3/h5-9H,1-4H3. The third kappa shape index (κ3) is 3.39. The molecule has 0 atom stereocenters. The summed E-state index contributed by atoms with van der Waals surface area (Å²) < 4.78 is 42.1. The van der Waals surface area contributed by atoms with E-state index in [-0.39, 0.29) is 17.4 Å². The predicted molar refractivity (Wildman–Crippen MR) is 103 cm³/mol. The fourth-order valence-corrected chi connectivity index (χ4v) is 2.80. The van der Waals surface area contributed by atoms with Crippen LogP contribution in [0.15, 0.2) is 40.4 Å². The lowest BCUT2D eigenvalue weighted by atomic mass is 10.2. The smallest absolute Gasteiger partial charge is 0.378 e. The summed E-state index contributed by atoms with van der Waals surface area (Å²) >= 11 is 0. The fourth-order valence-electron chi connectivity index (χ4n) is 2.80. The fraction of sp³-hybridized carbons (Fsp3) is 0.278. The molecule has 4 rings (SSSR count). The van der Waals surface area contributed by atoms with Crippen LogP contribution in [-0.2, 0) is 7.05 Å². The molecule has 3 heterocycles. The molecule has 150 valence electrons. The first-order valence-corrected chi connectivity index (χ1v) is 8.64. The zero-order valence-corrected chi connectivity index (χ0v) is 16.1. The molecule has 0 spiro atoms. The highest BCUT2D eigenvalue weighted by molar-refractivity contribution is 6.50. The Hall–Kier alpha value is -3.50. The van der Waals surface area contributed by atoms with E-state index in [0.717, 1.165) is 16.2 Å². The van der Waals surface area contributed by atoms with Gasteiger partial charge in [-0.15, -0.1) is 15.0 Å². The van der Waals surface area contributed by atoms with E-state index in [1.165, 1.54) is 0 Å². The van der Waals surface area contributed by atoms with Crippen molar-refractivity contribution in [1.82, 2.24) is 24.7 Å². The monoisotopic (exact) mass is 402 g/mol. The number of rotatable bonds is 3. The first-order valence-electron chi connectivity index (χ1n) is 8.64. The Labute approximate surface area is 164 Å². The van der Waals surface area contributed by atoms with Gasteiger partial charge in [-0.3, -0.25) is 4.68 Å². The summed E-state index contributed by atoms with van der Waals surface area (Å²) in [6, 6.07) is 8.56. The third-order valence-electron chi connectivity index (χ3n) is 4.44. The second kappa shape index (κ2) is 6.54. The molecule has 8 nitrogen and oxygen atoms in total. The van der Waals surface area contributed by atoms with Crippen molar-refractivity contribution >= 4 is 22.8 Å². The van der Waals surface area contributed by atoms with Crippen molar-refractivity contribution in [3.8, 4) is 11.5 Å². The molecule has 0 saturated heterocycles. The molecule has 0 N–H and O–H groups in total. The summed E-state index contributed by atoms with van der Waals surface area (Å²) in [5.74, 6) is 0.108. The topological polar surface area (TPSA) is 76.5 Å². The van der Waals surface area contributed by atoms with Crippen LogP contribution in [0.2, 0.25) is 0 Å². The zero-order valence-electron chi connectivity index (χ0n) is 16.1. The van der Waals surface area contributed by atoms with E-state index in [9.17, 15) is 13.2 Å². The van der Waals surface area contributed by atoms with Crippen LogP contribution in [0.1, 0.15) is 11.5 Å².